The number of H-pyrrole nitrogens is 1. The molecule has 5 rings (SSSR count). The minimum atomic E-state index is -0.186. The van der Waals surface area contributed by atoms with Crippen molar-refractivity contribution in [3.8, 4) is 17.0 Å². The molecular weight excluding hydrogens is 432 g/mol. The van der Waals surface area contributed by atoms with Crippen molar-refractivity contribution >= 4 is 33.3 Å². The molecule has 0 aliphatic rings. The molecule has 0 fully saturated rings. The lowest BCUT2D eigenvalue weighted by Crippen LogP contribution is -2.13. The van der Waals surface area contributed by atoms with E-state index in [1.54, 1.807) is 17.0 Å². The summed E-state index contributed by atoms with van der Waals surface area (Å²) in [6, 6.07) is 9.70. The van der Waals surface area contributed by atoms with Crippen LogP contribution >= 0.6 is 23.1 Å². The minimum Gasteiger partial charge on any atom is -0.464 e. The van der Waals surface area contributed by atoms with Crippen LogP contribution in [0.2, 0.25) is 0 Å². The zero-order valence-electron chi connectivity index (χ0n) is 17.0. The fourth-order valence-electron chi connectivity index (χ4n) is 3.52. The van der Waals surface area contributed by atoms with Gasteiger partial charge in [0.15, 0.2) is 0 Å². The van der Waals surface area contributed by atoms with Crippen molar-refractivity contribution in [2.75, 3.05) is 0 Å². The van der Waals surface area contributed by atoms with Gasteiger partial charge in [-0.3, -0.25) is 4.79 Å². The quantitative estimate of drug-likeness (QED) is 0.388. The summed E-state index contributed by atoms with van der Waals surface area (Å²) in [5, 5.41) is 15.2. The first kappa shape index (κ1) is 19.7. The number of nitrogens with zero attached hydrogens (tertiary/aromatic N) is 5. The van der Waals surface area contributed by atoms with Crippen molar-refractivity contribution in [2.24, 2.45) is 0 Å². The molecule has 0 bridgehead atoms. The molecule has 0 radical (unpaired) electrons. The van der Waals surface area contributed by atoms with Crippen LogP contribution < -0.4 is 5.56 Å². The predicted molar refractivity (Wildman–Crippen MR) is 121 cm³/mol. The van der Waals surface area contributed by atoms with E-state index in [2.05, 4.69) is 20.5 Å². The van der Waals surface area contributed by atoms with Gasteiger partial charge < -0.3 is 9.40 Å². The number of aromatic amines is 1. The summed E-state index contributed by atoms with van der Waals surface area (Å²) >= 11 is 2.87. The Morgan fingerprint density at radius 1 is 1.19 bits per heavy atom. The molecular formula is C21H18N6O2S2. The number of hydrogen-bond acceptors (Lipinski definition) is 8. The average Bonchev–Trinajstić information content (AvgIpc) is 3.48. The molecule has 156 valence electrons. The fraction of sp³-hybridized carbons (Fsp3) is 0.190. The van der Waals surface area contributed by atoms with Crippen molar-refractivity contribution in [2.45, 2.75) is 31.2 Å². The van der Waals surface area contributed by atoms with Gasteiger partial charge in [-0.15, -0.1) is 16.4 Å². The van der Waals surface area contributed by atoms with Gasteiger partial charge >= 0.3 is 0 Å². The standard InChI is InChI=1S/C21H18N6O2S2/c1-11-6-4-7-12(2)17(11)27-21(24-25-26-27)31-13(3)18-22-19(28)16-14(10-30-20(16)23-18)15-8-5-9-29-15/h4-10,13H,1-3H3,(H,22,23,28). The third kappa shape index (κ3) is 3.47. The van der Waals surface area contributed by atoms with E-state index in [9.17, 15) is 4.79 Å². The molecule has 1 aromatic carbocycles. The number of hydrogen-bond donors (Lipinski definition) is 1. The van der Waals surface area contributed by atoms with Gasteiger partial charge in [0, 0.05) is 10.9 Å². The number of furan rings is 1. The summed E-state index contributed by atoms with van der Waals surface area (Å²) in [5.74, 6) is 1.23. The van der Waals surface area contributed by atoms with Gasteiger partial charge in [0.2, 0.25) is 5.16 Å². The number of rotatable bonds is 5. The van der Waals surface area contributed by atoms with Crippen molar-refractivity contribution < 1.29 is 4.42 Å². The first-order chi connectivity index (χ1) is 15.0. The topological polar surface area (TPSA) is 102 Å². The van der Waals surface area contributed by atoms with Crippen molar-refractivity contribution in [3.05, 3.63) is 69.3 Å². The van der Waals surface area contributed by atoms with Crippen LogP contribution in [0.3, 0.4) is 0 Å². The van der Waals surface area contributed by atoms with E-state index >= 15 is 0 Å². The molecule has 0 amide bonds. The Morgan fingerprint density at radius 3 is 2.74 bits per heavy atom. The van der Waals surface area contributed by atoms with E-state index in [1.807, 2.05) is 50.4 Å². The second-order valence-electron chi connectivity index (χ2n) is 7.13. The number of aromatic nitrogens is 6. The normalized spacial score (nSPS) is 12.5. The highest BCUT2D eigenvalue weighted by atomic mass is 32.2. The molecule has 0 saturated heterocycles. The predicted octanol–water partition coefficient (Wildman–Crippen LogP) is 4.69. The summed E-state index contributed by atoms with van der Waals surface area (Å²) in [6.07, 6.45) is 1.59. The Hall–Kier alpha value is -3.24. The maximum Gasteiger partial charge on any atom is 0.260 e. The highest BCUT2D eigenvalue weighted by Gasteiger charge is 2.21. The van der Waals surface area contributed by atoms with Gasteiger partial charge in [0.1, 0.15) is 16.4 Å². The Balaban J connectivity index is 1.49. The minimum absolute atomic E-state index is 0.166. The molecule has 1 unspecified atom stereocenters. The summed E-state index contributed by atoms with van der Waals surface area (Å²) in [7, 11) is 0. The van der Waals surface area contributed by atoms with Gasteiger partial charge in [-0.2, -0.15) is 4.68 Å². The zero-order valence-corrected chi connectivity index (χ0v) is 18.6. The molecule has 4 heterocycles. The molecule has 1 N–H and O–H groups in total. The summed E-state index contributed by atoms with van der Waals surface area (Å²) in [5.41, 5.74) is 3.69. The van der Waals surface area contributed by atoms with Gasteiger partial charge in [0.05, 0.1) is 22.6 Å². The number of aryl methyl sites for hydroxylation is 2. The fourth-order valence-corrected chi connectivity index (χ4v) is 5.30. The maximum absolute atomic E-state index is 12.9. The number of thioether (sulfide) groups is 1. The number of fused-ring (bicyclic) bond motifs is 1. The van der Waals surface area contributed by atoms with E-state index in [0.717, 1.165) is 22.4 Å². The maximum atomic E-state index is 12.9. The average molecular weight is 451 g/mol. The SMILES string of the molecule is Cc1cccc(C)c1-n1nnnc1SC(C)c1nc2scc(-c3ccco3)c2c(=O)[nH]1. The summed E-state index contributed by atoms with van der Waals surface area (Å²) in [4.78, 5) is 21.2. The van der Waals surface area contributed by atoms with Crippen molar-refractivity contribution in [1.82, 2.24) is 30.2 Å². The second kappa shape index (κ2) is 7.78. The highest BCUT2D eigenvalue weighted by molar-refractivity contribution is 7.99. The van der Waals surface area contributed by atoms with E-state index < -0.39 is 0 Å². The van der Waals surface area contributed by atoms with Crippen LogP contribution in [-0.2, 0) is 0 Å². The lowest BCUT2D eigenvalue weighted by atomic mass is 10.1. The summed E-state index contributed by atoms with van der Waals surface area (Å²) < 4.78 is 7.20. The first-order valence-electron chi connectivity index (χ1n) is 9.60. The van der Waals surface area contributed by atoms with Gasteiger partial charge in [-0.25, -0.2) is 4.98 Å². The monoisotopic (exact) mass is 450 g/mol. The Labute approximate surface area is 185 Å². The number of benzene rings is 1. The molecule has 31 heavy (non-hydrogen) atoms. The molecule has 4 aromatic heterocycles. The van der Waals surface area contributed by atoms with Crippen LogP contribution in [0.15, 0.2) is 56.3 Å². The van der Waals surface area contributed by atoms with Crippen LogP contribution in [0.5, 0.6) is 0 Å². The smallest absolute Gasteiger partial charge is 0.260 e. The lowest BCUT2D eigenvalue weighted by molar-refractivity contribution is 0.583. The lowest BCUT2D eigenvalue weighted by Gasteiger charge is -2.13. The van der Waals surface area contributed by atoms with E-state index in [4.69, 9.17) is 9.40 Å². The van der Waals surface area contributed by atoms with Crippen molar-refractivity contribution in [3.63, 3.8) is 0 Å². The number of thiophene rings is 1. The molecule has 5 aromatic rings. The van der Waals surface area contributed by atoms with Gasteiger partial charge in [0.25, 0.3) is 5.56 Å². The summed E-state index contributed by atoms with van der Waals surface area (Å²) in [6.45, 7) is 6.03. The molecule has 0 aliphatic heterocycles. The Kier molecular flexibility index (Phi) is 4.95. The number of nitrogens with one attached hydrogen (secondary N) is 1. The third-order valence-corrected chi connectivity index (χ3v) is 6.92. The molecule has 1 atom stereocenters. The molecule has 8 nitrogen and oxygen atoms in total. The largest absolute Gasteiger partial charge is 0.464 e. The zero-order chi connectivity index (χ0) is 21.5. The van der Waals surface area contributed by atoms with Crippen LogP contribution in [0.1, 0.15) is 29.1 Å². The van der Waals surface area contributed by atoms with E-state index in [-0.39, 0.29) is 10.8 Å². The number of para-hydroxylation sites is 1. The number of tetrazole rings is 1. The van der Waals surface area contributed by atoms with Crippen LogP contribution in [0, 0.1) is 13.8 Å². The van der Waals surface area contributed by atoms with Crippen LogP contribution in [-0.4, -0.2) is 30.2 Å². The second-order valence-corrected chi connectivity index (χ2v) is 9.30. The van der Waals surface area contributed by atoms with Crippen LogP contribution in [0.25, 0.3) is 27.2 Å². The molecule has 0 saturated carbocycles. The van der Waals surface area contributed by atoms with E-state index in [0.29, 0.717) is 27.0 Å². The highest BCUT2D eigenvalue weighted by Crippen LogP contribution is 2.35. The van der Waals surface area contributed by atoms with E-state index in [1.165, 1.54) is 23.1 Å². The Morgan fingerprint density at radius 2 is 2.00 bits per heavy atom. The third-order valence-electron chi connectivity index (χ3n) is 5.01. The van der Waals surface area contributed by atoms with Crippen molar-refractivity contribution in [1.29, 1.82) is 0 Å². The first-order valence-corrected chi connectivity index (χ1v) is 11.4. The Bertz CT molecular complexity index is 1410. The molecule has 0 aliphatic carbocycles. The van der Waals surface area contributed by atoms with Crippen LogP contribution in [0.4, 0.5) is 0 Å². The van der Waals surface area contributed by atoms with Gasteiger partial charge in [-0.1, -0.05) is 30.0 Å². The molecule has 10 heteroatoms. The molecule has 0 spiro atoms. The van der Waals surface area contributed by atoms with Gasteiger partial charge in [-0.05, 0) is 54.5 Å².